The van der Waals surface area contributed by atoms with Crippen LogP contribution in [0.1, 0.15) is 5.56 Å². The molecule has 0 aliphatic rings. The fraction of sp³-hybridized carbons (Fsp3) is 0.300. The number of hydrogen-bond acceptors (Lipinski definition) is 1. The molecule has 0 saturated heterocycles. The van der Waals surface area contributed by atoms with Crippen LogP contribution in [-0.2, 0) is 0 Å². The number of carboxylic acid groups (broad SMARTS) is 1. The fourth-order valence-electron chi connectivity index (χ4n) is 1.63. The Bertz CT molecular complexity index is 374. The molecule has 0 bridgehead atoms. The number of rotatable bonds is 2. The van der Waals surface area contributed by atoms with E-state index in [1.54, 1.807) is 0 Å². The van der Waals surface area contributed by atoms with Crippen LogP contribution in [0.25, 0.3) is 0 Å². The molecule has 0 radical (unpaired) electrons. The van der Waals surface area contributed by atoms with Gasteiger partial charge in [-0.3, -0.25) is 0 Å². The molecule has 0 fully saturated rings. The van der Waals surface area contributed by atoms with Gasteiger partial charge in [0.1, 0.15) is 0 Å². The second-order valence-corrected chi connectivity index (χ2v) is 18.1. The molecule has 0 aliphatic carbocycles. The third kappa shape index (κ3) is 2.83. The number of benzene rings is 1. The van der Waals surface area contributed by atoms with Gasteiger partial charge in [0.2, 0.25) is 0 Å². The molecule has 14 heavy (non-hydrogen) atoms. The quantitative estimate of drug-likeness (QED) is 0.824. The van der Waals surface area contributed by atoms with Gasteiger partial charge in [-0.15, -0.1) is 0 Å². The van der Waals surface area contributed by atoms with Crippen LogP contribution in [0.15, 0.2) is 18.2 Å². The summed E-state index contributed by atoms with van der Waals surface area (Å²) in [7, 11) is 0. The minimum absolute atomic E-state index is 0.562. The Kier molecular flexibility index (Phi) is 4.68. The second-order valence-electron chi connectivity index (χ2n) is 4.25. The first-order valence-corrected chi connectivity index (χ1v) is 14.8. The van der Waals surface area contributed by atoms with Crippen LogP contribution in [0.5, 0.6) is 0 Å². The molecule has 1 rings (SSSR count). The van der Waals surface area contributed by atoms with E-state index >= 15 is 0 Å². The molecule has 0 unspecified atom stereocenters. The molecular weight excluding hydrogens is 310 g/mol. The van der Waals surface area contributed by atoms with E-state index in [0.717, 1.165) is 3.58 Å². The van der Waals surface area contributed by atoms with Crippen molar-refractivity contribution in [1.82, 2.24) is 0 Å². The molecule has 1 aromatic carbocycles. The maximum atomic E-state index is 11.2. The predicted molar refractivity (Wildman–Crippen MR) is 61.7 cm³/mol. The van der Waals surface area contributed by atoms with Gasteiger partial charge in [0, 0.05) is 0 Å². The van der Waals surface area contributed by atoms with E-state index in [-0.39, 0.29) is 0 Å². The molecule has 1 N–H and O–H groups in total. The second kappa shape index (κ2) is 4.97. The van der Waals surface area contributed by atoms with E-state index in [9.17, 15) is 9.90 Å². The molecule has 0 saturated carbocycles. The zero-order valence-electron chi connectivity index (χ0n) is 9.09. The summed E-state index contributed by atoms with van der Waals surface area (Å²) in [6, 6.07) is 6.28. The van der Waals surface area contributed by atoms with Gasteiger partial charge >= 0.3 is 125 Å². The minimum atomic E-state index is -3.05. The summed E-state index contributed by atoms with van der Waals surface area (Å²) < 4.78 is 1.94. The summed E-state index contributed by atoms with van der Waals surface area (Å²) in [6.07, 6.45) is 0. The van der Waals surface area contributed by atoms with Crippen molar-refractivity contribution in [2.75, 3.05) is 0 Å². The maximum absolute atomic E-state index is 11.2. The SMILES string of the molecule is Cc1c[c]([K])cc[c]1[Sn]([CH3])([CH3])[C](=O)O. The summed E-state index contributed by atoms with van der Waals surface area (Å²) in [5.41, 5.74) is 1.18. The Morgan fingerprint density at radius 2 is 2.00 bits per heavy atom. The molecule has 2 nitrogen and oxygen atoms in total. The molecule has 4 heteroatoms. The van der Waals surface area contributed by atoms with Crippen molar-refractivity contribution in [2.45, 2.75) is 16.8 Å². The van der Waals surface area contributed by atoms with Crippen LogP contribution in [-0.4, -0.2) is 76.4 Å². The van der Waals surface area contributed by atoms with E-state index in [0.29, 0.717) is 49.0 Å². The van der Waals surface area contributed by atoms with Crippen LogP contribution >= 0.6 is 0 Å². The van der Waals surface area contributed by atoms with Gasteiger partial charge in [-0.25, -0.2) is 0 Å². The van der Waals surface area contributed by atoms with E-state index < -0.39 is 22.4 Å². The van der Waals surface area contributed by atoms with Crippen LogP contribution in [0.2, 0.25) is 9.88 Å². The number of aryl methyl sites for hydroxylation is 1. The molecule has 0 amide bonds. The molecule has 0 heterocycles. The molecule has 1 aromatic rings. The van der Waals surface area contributed by atoms with Crippen molar-refractivity contribution in [1.29, 1.82) is 0 Å². The van der Waals surface area contributed by atoms with E-state index in [1.165, 1.54) is 5.22 Å². The number of carbonyl (C=O) groups is 1. The van der Waals surface area contributed by atoms with E-state index in [2.05, 4.69) is 12.1 Å². The molecule has 70 valence electrons. The first-order chi connectivity index (χ1) is 6.35. The average Bonchev–Trinajstić information content (AvgIpc) is 2.02. The van der Waals surface area contributed by atoms with Crippen molar-refractivity contribution in [3.05, 3.63) is 23.8 Å². The van der Waals surface area contributed by atoms with Crippen LogP contribution < -0.4 is 3.24 Å². The van der Waals surface area contributed by atoms with Gasteiger partial charge in [0.25, 0.3) is 0 Å². The first-order valence-electron chi connectivity index (χ1n) is 4.67. The Labute approximate surface area is 123 Å². The summed E-state index contributed by atoms with van der Waals surface area (Å²) in [5, 5.41) is 9.19. The van der Waals surface area contributed by atoms with Gasteiger partial charge < -0.3 is 0 Å². The molecular formula is C10H13KO2Sn. The third-order valence-corrected chi connectivity index (χ3v) is 12.1. The average molecular weight is 323 g/mol. The summed E-state index contributed by atoms with van der Waals surface area (Å²) in [6.45, 7) is 2.03. The Morgan fingerprint density at radius 3 is 2.43 bits per heavy atom. The summed E-state index contributed by atoms with van der Waals surface area (Å²) in [4.78, 5) is 15.1. The van der Waals surface area contributed by atoms with Crippen molar-refractivity contribution in [3.8, 4) is 0 Å². The molecule has 0 spiro atoms. The van der Waals surface area contributed by atoms with E-state index in [4.69, 9.17) is 0 Å². The van der Waals surface area contributed by atoms with Crippen LogP contribution in [0, 0.1) is 6.92 Å². The monoisotopic (exact) mass is 324 g/mol. The first kappa shape index (κ1) is 13.2. The van der Waals surface area contributed by atoms with E-state index in [1.807, 2.05) is 22.9 Å². The molecule has 0 aliphatic heterocycles. The normalized spacial score (nSPS) is 11.5. The Morgan fingerprint density at radius 1 is 1.43 bits per heavy atom. The third-order valence-electron chi connectivity index (χ3n) is 2.59. The fourth-order valence-corrected chi connectivity index (χ4v) is 7.67. The van der Waals surface area contributed by atoms with Gasteiger partial charge in [0.05, 0.1) is 0 Å². The van der Waals surface area contributed by atoms with Crippen molar-refractivity contribution < 1.29 is 9.90 Å². The van der Waals surface area contributed by atoms with Gasteiger partial charge in [-0.2, -0.15) is 0 Å². The van der Waals surface area contributed by atoms with Gasteiger partial charge in [0.15, 0.2) is 0 Å². The predicted octanol–water partition coefficient (Wildman–Crippen LogP) is 0.964. The molecule has 0 atom stereocenters. The molecule has 0 aromatic heterocycles. The van der Waals surface area contributed by atoms with Crippen molar-refractivity contribution in [2.24, 2.45) is 0 Å². The standard InChI is InChI=1S/C7H6.CHO2.2CH3.K.Sn/c1-7-5-3-2-4-6-7;2-1-3;;;;/h2-3,6H,1H3;(H,2,3);2*1H3;;. The van der Waals surface area contributed by atoms with Crippen LogP contribution in [0.4, 0.5) is 4.79 Å². The Hall–Kier alpha value is 1.13. The summed E-state index contributed by atoms with van der Waals surface area (Å²) >= 11 is -2.37. The summed E-state index contributed by atoms with van der Waals surface area (Å²) in [5.74, 6) is 0. The Balaban J connectivity index is 3.26. The van der Waals surface area contributed by atoms with Crippen LogP contribution in [0.3, 0.4) is 0 Å². The topological polar surface area (TPSA) is 37.3 Å². The van der Waals surface area contributed by atoms with Crippen molar-refractivity contribution in [3.63, 3.8) is 0 Å². The number of hydrogen-bond donors (Lipinski definition) is 1. The zero-order chi connectivity index (χ0) is 10.9. The van der Waals surface area contributed by atoms with Gasteiger partial charge in [-0.05, 0) is 0 Å². The van der Waals surface area contributed by atoms with Gasteiger partial charge in [-0.1, -0.05) is 0 Å². The zero-order valence-corrected chi connectivity index (χ0v) is 15.1. The van der Waals surface area contributed by atoms with Crippen molar-refractivity contribution >= 4 is 74.6 Å².